The standard InChI is InChI=1S/C12H10ClN3O/c1-8-11(15-17-14-8)7-16-5-4-9-2-3-10(13)6-12(9)16/h2-6H,7H2,1H3. The predicted molar refractivity (Wildman–Crippen MR) is 65.1 cm³/mol. The van der Waals surface area contributed by atoms with Gasteiger partial charge in [-0.25, -0.2) is 4.63 Å². The summed E-state index contributed by atoms with van der Waals surface area (Å²) < 4.78 is 6.77. The van der Waals surface area contributed by atoms with Gasteiger partial charge in [-0.05, 0) is 30.5 Å². The van der Waals surface area contributed by atoms with Crippen molar-refractivity contribution in [3.63, 3.8) is 0 Å². The maximum atomic E-state index is 6.00. The predicted octanol–water partition coefficient (Wildman–Crippen LogP) is 3.03. The van der Waals surface area contributed by atoms with E-state index < -0.39 is 0 Å². The van der Waals surface area contributed by atoms with Crippen LogP contribution in [0.3, 0.4) is 0 Å². The summed E-state index contributed by atoms with van der Waals surface area (Å²) in [6.45, 7) is 2.52. The highest BCUT2D eigenvalue weighted by molar-refractivity contribution is 6.31. The third-order valence-corrected chi connectivity index (χ3v) is 3.04. The van der Waals surface area contributed by atoms with E-state index >= 15 is 0 Å². The molecule has 3 aromatic rings. The van der Waals surface area contributed by atoms with Crippen molar-refractivity contribution in [3.05, 3.63) is 46.9 Å². The molecular weight excluding hydrogens is 238 g/mol. The second-order valence-electron chi connectivity index (χ2n) is 3.94. The number of aromatic nitrogens is 3. The first-order chi connectivity index (χ1) is 8.24. The number of fused-ring (bicyclic) bond motifs is 1. The molecule has 0 spiro atoms. The van der Waals surface area contributed by atoms with E-state index in [-0.39, 0.29) is 0 Å². The highest BCUT2D eigenvalue weighted by Crippen LogP contribution is 2.21. The molecule has 0 fully saturated rings. The van der Waals surface area contributed by atoms with Gasteiger partial charge in [0.15, 0.2) is 0 Å². The number of halogens is 1. The first-order valence-electron chi connectivity index (χ1n) is 5.26. The van der Waals surface area contributed by atoms with Gasteiger partial charge < -0.3 is 4.57 Å². The van der Waals surface area contributed by atoms with Crippen LogP contribution in [0.4, 0.5) is 0 Å². The summed E-state index contributed by atoms with van der Waals surface area (Å²) in [5.41, 5.74) is 2.73. The number of hydrogen-bond donors (Lipinski definition) is 0. The minimum absolute atomic E-state index is 0.638. The number of aryl methyl sites for hydroxylation is 1. The van der Waals surface area contributed by atoms with Crippen molar-refractivity contribution in [1.29, 1.82) is 0 Å². The molecular formula is C12H10ClN3O. The summed E-state index contributed by atoms with van der Waals surface area (Å²) in [5, 5.41) is 9.53. The Bertz CT molecular complexity index is 671. The van der Waals surface area contributed by atoms with Gasteiger partial charge in [0.25, 0.3) is 0 Å². The van der Waals surface area contributed by atoms with Crippen molar-refractivity contribution in [1.82, 2.24) is 14.9 Å². The SMILES string of the molecule is Cc1nonc1Cn1ccc2ccc(Cl)cc21. The number of rotatable bonds is 2. The van der Waals surface area contributed by atoms with E-state index in [9.17, 15) is 0 Å². The van der Waals surface area contributed by atoms with Gasteiger partial charge in [0.2, 0.25) is 0 Å². The lowest BCUT2D eigenvalue weighted by molar-refractivity contribution is 0.300. The average molecular weight is 248 g/mol. The molecule has 2 heterocycles. The normalized spacial score (nSPS) is 11.2. The molecule has 5 heteroatoms. The van der Waals surface area contributed by atoms with E-state index in [0.717, 1.165) is 27.3 Å². The highest BCUT2D eigenvalue weighted by Gasteiger charge is 2.08. The van der Waals surface area contributed by atoms with Crippen LogP contribution in [0.1, 0.15) is 11.4 Å². The number of hydrogen-bond acceptors (Lipinski definition) is 3. The second kappa shape index (κ2) is 3.89. The fourth-order valence-electron chi connectivity index (χ4n) is 1.85. The number of benzene rings is 1. The number of nitrogens with zero attached hydrogens (tertiary/aromatic N) is 3. The molecule has 1 aromatic carbocycles. The van der Waals surface area contributed by atoms with Crippen molar-refractivity contribution in [3.8, 4) is 0 Å². The molecule has 0 saturated carbocycles. The molecule has 0 N–H and O–H groups in total. The molecule has 0 atom stereocenters. The highest BCUT2D eigenvalue weighted by atomic mass is 35.5. The Kier molecular flexibility index (Phi) is 2.37. The summed E-state index contributed by atoms with van der Waals surface area (Å²) in [6, 6.07) is 7.88. The zero-order valence-corrected chi connectivity index (χ0v) is 9.98. The van der Waals surface area contributed by atoms with E-state index in [1.54, 1.807) is 0 Å². The van der Waals surface area contributed by atoms with Crippen LogP contribution in [-0.2, 0) is 6.54 Å². The van der Waals surface area contributed by atoms with Gasteiger partial charge in [0, 0.05) is 16.7 Å². The van der Waals surface area contributed by atoms with Gasteiger partial charge in [-0.1, -0.05) is 28.0 Å². The van der Waals surface area contributed by atoms with Crippen LogP contribution in [-0.4, -0.2) is 14.9 Å². The van der Waals surface area contributed by atoms with Crippen LogP contribution < -0.4 is 0 Å². The Balaban J connectivity index is 2.06. The fourth-order valence-corrected chi connectivity index (χ4v) is 2.02. The monoisotopic (exact) mass is 247 g/mol. The van der Waals surface area contributed by atoms with Crippen molar-refractivity contribution in [2.75, 3.05) is 0 Å². The van der Waals surface area contributed by atoms with Crippen molar-refractivity contribution >= 4 is 22.5 Å². The Morgan fingerprint density at radius 3 is 2.94 bits per heavy atom. The topological polar surface area (TPSA) is 43.9 Å². The molecule has 2 aromatic heterocycles. The van der Waals surface area contributed by atoms with Gasteiger partial charge >= 0.3 is 0 Å². The first kappa shape index (κ1) is 10.4. The molecule has 86 valence electrons. The maximum absolute atomic E-state index is 6.00. The lowest BCUT2D eigenvalue weighted by Gasteiger charge is -2.02. The summed E-state index contributed by atoms with van der Waals surface area (Å²) in [7, 11) is 0. The molecule has 0 aliphatic carbocycles. The zero-order valence-electron chi connectivity index (χ0n) is 9.22. The Morgan fingerprint density at radius 1 is 1.29 bits per heavy atom. The molecule has 0 bridgehead atoms. The quantitative estimate of drug-likeness (QED) is 0.699. The lowest BCUT2D eigenvalue weighted by atomic mass is 10.2. The van der Waals surface area contributed by atoms with Crippen LogP contribution in [0.25, 0.3) is 10.9 Å². The van der Waals surface area contributed by atoms with E-state index in [0.29, 0.717) is 6.54 Å². The van der Waals surface area contributed by atoms with Gasteiger partial charge in [-0.15, -0.1) is 0 Å². The van der Waals surface area contributed by atoms with Crippen molar-refractivity contribution in [2.45, 2.75) is 13.5 Å². The van der Waals surface area contributed by atoms with E-state index in [4.69, 9.17) is 16.2 Å². The van der Waals surface area contributed by atoms with E-state index in [2.05, 4.69) is 20.9 Å². The van der Waals surface area contributed by atoms with Gasteiger partial charge in [0.05, 0.1) is 6.54 Å². The van der Waals surface area contributed by atoms with Crippen molar-refractivity contribution < 1.29 is 4.63 Å². The molecule has 0 radical (unpaired) electrons. The van der Waals surface area contributed by atoms with E-state index in [1.165, 1.54) is 0 Å². The molecule has 0 aliphatic heterocycles. The minimum atomic E-state index is 0.638. The van der Waals surface area contributed by atoms with Crippen LogP contribution in [0.5, 0.6) is 0 Å². The molecule has 3 rings (SSSR count). The maximum Gasteiger partial charge on any atom is 0.127 e. The van der Waals surface area contributed by atoms with Gasteiger partial charge in [-0.3, -0.25) is 0 Å². The summed E-state index contributed by atoms with van der Waals surface area (Å²) >= 11 is 6.00. The molecule has 0 unspecified atom stereocenters. The van der Waals surface area contributed by atoms with Crippen LogP contribution in [0.15, 0.2) is 35.1 Å². The van der Waals surface area contributed by atoms with Crippen molar-refractivity contribution in [2.24, 2.45) is 0 Å². The first-order valence-corrected chi connectivity index (χ1v) is 5.64. The average Bonchev–Trinajstić information content (AvgIpc) is 2.88. The Morgan fingerprint density at radius 2 is 2.18 bits per heavy atom. The minimum Gasteiger partial charge on any atom is -0.341 e. The molecule has 4 nitrogen and oxygen atoms in total. The van der Waals surface area contributed by atoms with E-state index in [1.807, 2.05) is 31.3 Å². The van der Waals surface area contributed by atoms with Crippen LogP contribution in [0, 0.1) is 6.92 Å². The van der Waals surface area contributed by atoms with Crippen LogP contribution in [0.2, 0.25) is 5.02 Å². The summed E-state index contributed by atoms with van der Waals surface area (Å²) in [5.74, 6) is 0. The zero-order chi connectivity index (χ0) is 11.8. The smallest absolute Gasteiger partial charge is 0.127 e. The molecule has 0 amide bonds. The van der Waals surface area contributed by atoms with Crippen LogP contribution >= 0.6 is 11.6 Å². The summed E-state index contributed by atoms with van der Waals surface area (Å²) in [4.78, 5) is 0. The third kappa shape index (κ3) is 1.80. The largest absolute Gasteiger partial charge is 0.341 e. The molecule has 0 aliphatic rings. The Labute approximate surface area is 103 Å². The Hall–Kier alpha value is -1.81. The van der Waals surface area contributed by atoms with Gasteiger partial charge in [-0.2, -0.15) is 0 Å². The second-order valence-corrected chi connectivity index (χ2v) is 4.38. The molecule has 17 heavy (non-hydrogen) atoms. The third-order valence-electron chi connectivity index (χ3n) is 2.80. The molecule has 0 saturated heterocycles. The van der Waals surface area contributed by atoms with Gasteiger partial charge in [0.1, 0.15) is 11.4 Å². The lowest BCUT2D eigenvalue weighted by Crippen LogP contribution is -1.99. The summed E-state index contributed by atoms with van der Waals surface area (Å²) in [6.07, 6.45) is 2.01. The fraction of sp³-hybridized carbons (Fsp3) is 0.167.